The molecule has 0 aromatic heterocycles. The van der Waals surface area contributed by atoms with E-state index >= 15 is 0 Å². The summed E-state index contributed by atoms with van der Waals surface area (Å²) >= 11 is 0. The van der Waals surface area contributed by atoms with Crippen molar-refractivity contribution in [2.24, 2.45) is 23.7 Å². The summed E-state index contributed by atoms with van der Waals surface area (Å²) in [7, 11) is 0. The van der Waals surface area contributed by atoms with Gasteiger partial charge in [0.05, 0.1) is 17.8 Å². The molecule has 0 aliphatic heterocycles. The van der Waals surface area contributed by atoms with Crippen molar-refractivity contribution >= 4 is 17.9 Å². The number of aliphatic hydroxyl groups excluding tert-OH is 1. The molecule has 8 heteroatoms. The van der Waals surface area contributed by atoms with E-state index in [4.69, 9.17) is 25.5 Å². The van der Waals surface area contributed by atoms with Gasteiger partial charge in [-0.25, -0.2) is 0 Å². The molecule has 1 saturated carbocycles. The Labute approximate surface area is 95.1 Å². The first kappa shape index (κ1) is 13.4. The molecule has 0 radical (unpaired) electrons. The Hall–Kier alpha value is -1.67. The van der Waals surface area contributed by atoms with E-state index in [0.29, 0.717) is 0 Å². The highest BCUT2D eigenvalue weighted by Gasteiger charge is 2.55. The van der Waals surface area contributed by atoms with Gasteiger partial charge in [-0.15, -0.1) is 0 Å². The van der Waals surface area contributed by atoms with Gasteiger partial charge in [-0.05, 0) is 6.42 Å². The third kappa shape index (κ3) is 2.37. The van der Waals surface area contributed by atoms with Crippen molar-refractivity contribution in [1.29, 1.82) is 0 Å². The minimum atomic E-state index is -2.18. The van der Waals surface area contributed by atoms with Gasteiger partial charge in [0.2, 0.25) is 0 Å². The number of carboxylic acids is 3. The summed E-state index contributed by atoms with van der Waals surface area (Å²) in [6.45, 7) is 0. The average molecular weight is 248 g/mol. The van der Waals surface area contributed by atoms with Crippen molar-refractivity contribution in [3.63, 3.8) is 0 Å². The highest BCUT2D eigenvalue weighted by Crippen LogP contribution is 2.43. The minimum absolute atomic E-state index is 0.427. The highest BCUT2D eigenvalue weighted by molar-refractivity contribution is 5.84. The van der Waals surface area contributed by atoms with Crippen LogP contribution in [-0.2, 0) is 14.4 Å². The molecule has 0 aromatic rings. The molecule has 0 aromatic carbocycles. The predicted octanol–water partition coefficient (Wildman–Crippen LogP) is -1.58. The lowest BCUT2D eigenvalue weighted by molar-refractivity contribution is -0.166. The molecule has 5 N–H and O–H groups in total. The Morgan fingerprint density at radius 3 is 1.65 bits per heavy atom. The molecule has 1 fully saturated rings. The summed E-state index contributed by atoms with van der Waals surface area (Å²) < 4.78 is 0. The van der Waals surface area contributed by atoms with Crippen molar-refractivity contribution < 1.29 is 39.9 Å². The van der Waals surface area contributed by atoms with Crippen molar-refractivity contribution in [1.82, 2.24) is 0 Å². The van der Waals surface area contributed by atoms with E-state index in [9.17, 15) is 14.4 Å². The number of aliphatic carboxylic acids is 3. The van der Waals surface area contributed by atoms with E-state index in [1.807, 2.05) is 0 Å². The maximum Gasteiger partial charge on any atom is 0.307 e. The third-order valence-corrected chi connectivity index (χ3v) is 3.08. The van der Waals surface area contributed by atoms with E-state index in [2.05, 4.69) is 0 Å². The fourth-order valence-electron chi connectivity index (χ4n) is 2.35. The van der Waals surface area contributed by atoms with E-state index in [0.717, 1.165) is 0 Å². The smallest absolute Gasteiger partial charge is 0.307 e. The normalized spacial score (nSPS) is 32.6. The zero-order valence-corrected chi connectivity index (χ0v) is 8.55. The topological polar surface area (TPSA) is 152 Å². The number of hydrogen-bond donors (Lipinski definition) is 5. The number of carboxylic acid groups (broad SMARTS) is 3. The molecule has 4 atom stereocenters. The van der Waals surface area contributed by atoms with Gasteiger partial charge in [-0.3, -0.25) is 14.4 Å². The monoisotopic (exact) mass is 248 g/mol. The second kappa shape index (κ2) is 4.68. The summed E-state index contributed by atoms with van der Waals surface area (Å²) in [6, 6.07) is 0. The molecule has 0 amide bonds. The summed E-state index contributed by atoms with van der Waals surface area (Å²) in [5, 5.41) is 44.6. The van der Waals surface area contributed by atoms with E-state index in [1.54, 1.807) is 0 Å². The van der Waals surface area contributed by atoms with Gasteiger partial charge in [0, 0.05) is 5.92 Å². The van der Waals surface area contributed by atoms with Crippen LogP contribution >= 0.6 is 0 Å². The molecule has 0 unspecified atom stereocenters. The Morgan fingerprint density at radius 1 is 0.882 bits per heavy atom. The fourth-order valence-corrected chi connectivity index (χ4v) is 2.35. The molecule has 0 heterocycles. The first-order valence-electron chi connectivity index (χ1n) is 4.82. The van der Waals surface area contributed by atoms with Crippen LogP contribution in [0, 0.1) is 23.7 Å². The van der Waals surface area contributed by atoms with E-state index in [1.165, 1.54) is 0 Å². The third-order valence-electron chi connectivity index (χ3n) is 3.08. The summed E-state index contributed by atoms with van der Waals surface area (Å²) in [5.74, 6) is -10.4. The van der Waals surface area contributed by atoms with Crippen LogP contribution in [0.3, 0.4) is 0 Å². The molecule has 1 aliphatic rings. The van der Waals surface area contributed by atoms with Gasteiger partial charge in [0.25, 0.3) is 0 Å². The van der Waals surface area contributed by atoms with Gasteiger partial charge in [-0.2, -0.15) is 0 Å². The lowest BCUT2D eigenvalue weighted by Gasteiger charge is -2.22. The van der Waals surface area contributed by atoms with Crippen molar-refractivity contribution in [3.05, 3.63) is 0 Å². The van der Waals surface area contributed by atoms with Crippen LogP contribution in [-0.4, -0.2) is 49.7 Å². The van der Waals surface area contributed by atoms with Crippen LogP contribution in [0.15, 0.2) is 0 Å². The number of hydrogen-bond acceptors (Lipinski definition) is 5. The fraction of sp³-hybridized carbons (Fsp3) is 0.667. The second-order valence-corrected chi connectivity index (χ2v) is 3.98. The van der Waals surface area contributed by atoms with Gasteiger partial charge in [0.15, 0.2) is 6.29 Å². The second-order valence-electron chi connectivity index (χ2n) is 3.98. The zero-order valence-electron chi connectivity index (χ0n) is 8.55. The van der Waals surface area contributed by atoms with Gasteiger partial charge >= 0.3 is 17.9 Å². The van der Waals surface area contributed by atoms with Crippen LogP contribution in [0.1, 0.15) is 6.42 Å². The molecular formula is C9H12O8. The number of carbonyl (C=O) groups is 3. The zero-order chi connectivity index (χ0) is 13.3. The van der Waals surface area contributed by atoms with Crippen LogP contribution in [0.2, 0.25) is 0 Å². The van der Waals surface area contributed by atoms with E-state index in [-0.39, 0.29) is 0 Å². The molecule has 0 bridgehead atoms. The Kier molecular flexibility index (Phi) is 3.69. The first-order valence-corrected chi connectivity index (χ1v) is 4.82. The highest BCUT2D eigenvalue weighted by atomic mass is 16.5. The maximum absolute atomic E-state index is 10.9. The first-order chi connectivity index (χ1) is 7.77. The summed E-state index contributed by atoms with van der Waals surface area (Å²) in [4.78, 5) is 32.6. The lowest BCUT2D eigenvalue weighted by Crippen LogP contribution is -2.37. The molecule has 1 rings (SSSR count). The maximum atomic E-state index is 10.9. The van der Waals surface area contributed by atoms with Crippen LogP contribution in [0.4, 0.5) is 0 Å². The largest absolute Gasteiger partial charge is 0.481 e. The molecule has 1 aliphatic carbocycles. The predicted molar refractivity (Wildman–Crippen MR) is 49.7 cm³/mol. The minimum Gasteiger partial charge on any atom is -0.481 e. The lowest BCUT2D eigenvalue weighted by atomic mass is 9.86. The molecule has 17 heavy (non-hydrogen) atoms. The quantitative estimate of drug-likeness (QED) is 0.373. The molecule has 0 spiro atoms. The Bertz CT molecular complexity index is 349. The number of rotatable bonds is 4. The molecule has 96 valence electrons. The number of aliphatic hydroxyl groups is 2. The summed E-state index contributed by atoms with van der Waals surface area (Å²) in [5.41, 5.74) is 0. The average Bonchev–Trinajstić information content (AvgIpc) is 2.56. The van der Waals surface area contributed by atoms with Crippen molar-refractivity contribution in [2.75, 3.05) is 0 Å². The van der Waals surface area contributed by atoms with E-state index < -0.39 is 54.3 Å². The molecule has 0 saturated heterocycles. The standard InChI is InChI=1S/C9H12O8/c10-6(11)2-1-3(7(12)13)5(9(16)17)4(2)8(14)15/h2-5,8,14-15H,1H2,(H,10,11)(H,12,13)(H,16,17)/t2-,3+,4-,5+/m1/s1. The molecule has 8 nitrogen and oxygen atoms in total. The van der Waals surface area contributed by atoms with Gasteiger partial charge in [-0.1, -0.05) is 0 Å². The van der Waals surface area contributed by atoms with Crippen LogP contribution < -0.4 is 0 Å². The van der Waals surface area contributed by atoms with Crippen molar-refractivity contribution in [2.45, 2.75) is 12.7 Å². The SMILES string of the molecule is O=C(O)[C@@H]1[C@H](C(O)O)[C@H](C(=O)O)C[C@@H]1C(=O)O. The Balaban J connectivity index is 3.13. The van der Waals surface area contributed by atoms with Gasteiger partial charge in [0.1, 0.15) is 0 Å². The van der Waals surface area contributed by atoms with Crippen molar-refractivity contribution in [3.8, 4) is 0 Å². The van der Waals surface area contributed by atoms with Gasteiger partial charge < -0.3 is 25.5 Å². The Morgan fingerprint density at radius 2 is 1.35 bits per heavy atom. The van der Waals surface area contributed by atoms with Crippen LogP contribution in [0.25, 0.3) is 0 Å². The molecular weight excluding hydrogens is 236 g/mol. The summed E-state index contributed by atoms with van der Waals surface area (Å²) in [6.07, 6.45) is -2.61. The van der Waals surface area contributed by atoms with Crippen LogP contribution in [0.5, 0.6) is 0 Å².